The zero-order valence-electron chi connectivity index (χ0n) is 10.1. The van der Waals surface area contributed by atoms with E-state index in [0.717, 1.165) is 13.1 Å². The third-order valence-corrected chi connectivity index (χ3v) is 3.47. The summed E-state index contributed by atoms with van der Waals surface area (Å²) in [6, 6.07) is 0.604. The molecular formula is C12H23NO. The van der Waals surface area contributed by atoms with Gasteiger partial charge in [0, 0.05) is 25.0 Å². The van der Waals surface area contributed by atoms with Crippen LogP contribution in [0.1, 0.15) is 34.6 Å². The first-order valence-electron chi connectivity index (χ1n) is 5.68. The summed E-state index contributed by atoms with van der Waals surface area (Å²) in [5.74, 6) is 1.68. The smallest absolute Gasteiger partial charge is 0.133 e. The van der Waals surface area contributed by atoms with Crippen LogP contribution in [0.15, 0.2) is 0 Å². The van der Waals surface area contributed by atoms with Crippen molar-refractivity contribution < 1.29 is 4.79 Å². The van der Waals surface area contributed by atoms with E-state index in [9.17, 15) is 4.79 Å². The van der Waals surface area contributed by atoms with E-state index in [-0.39, 0.29) is 5.92 Å². The molecule has 2 nitrogen and oxygen atoms in total. The van der Waals surface area contributed by atoms with Crippen molar-refractivity contribution in [2.45, 2.75) is 40.7 Å². The van der Waals surface area contributed by atoms with Crippen molar-refractivity contribution in [3.8, 4) is 0 Å². The van der Waals surface area contributed by atoms with Gasteiger partial charge in [-0.1, -0.05) is 13.8 Å². The molecule has 82 valence electrons. The molecule has 3 atom stereocenters. The van der Waals surface area contributed by atoms with Crippen LogP contribution in [0.2, 0.25) is 0 Å². The molecule has 0 aromatic rings. The topological polar surface area (TPSA) is 20.3 Å². The summed E-state index contributed by atoms with van der Waals surface area (Å²) < 4.78 is 0. The zero-order valence-corrected chi connectivity index (χ0v) is 10.1. The maximum absolute atomic E-state index is 11.5. The summed E-state index contributed by atoms with van der Waals surface area (Å²) in [4.78, 5) is 14.0. The maximum Gasteiger partial charge on any atom is 0.133 e. The van der Waals surface area contributed by atoms with Crippen molar-refractivity contribution in [3.63, 3.8) is 0 Å². The fourth-order valence-electron chi connectivity index (χ4n) is 2.83. The van der Waals surface area contributed by atoms with E-state index >= 15 is 0 Å². The van der Waals surface area contributed by atoms with E-state index in [1.165, 1.54) is 0 Å². The number of likely N-dealkylation sites (tertiary alicyclic amines) is 1. The van der Waals surface area contributed by atoms with Crippen molar-refractivity contribution in [1.29, 1.82) is 0 Å². The fourth-order valence-corrected chi connectivity index (χ4v) is 2.83. The van der Waals surface area contributed by atoms with Gasteiger partial charge in [0.05, 0.1) is 0 Å². The molecule has 0 radical (unpaired) electrons. The van der Waals surface area contributed by atoms with Gasteiger partial charge in [0.1, 0.15) is 5.78 Å². The number of piperidine rings is 1. The number of hydrogen-bond acceptors (Lipinski definition) is 2. The van der Waals surface area contributed by atoms with E-state index < -0.39 is 0 Å². The molecule has 1 fully saturated rings. The van der Waals surface area contributed by atoms with Crippen molar-refractivity contribution in [1.82, 2.24) is 4.90 Å². The van der Waals surface area contributed by atoms with Crippen LogP contribution >= 0.6 is 0 Å². The fraction of sp³-hybridized carbons (Fsp3) is 0.917. The summed E-state index contributed by atoms with van der Waals surface area (Å²) in [7, 11) is 0. The Hall–Kier alpha value is -0.370. The minimum atomic E-state index is 0.282. The SMILES string of the molecule is CC(=O)C1[C@H](C)CN(C(C)C)C[C@@H]1C. The Bertz CT molecular complexity index is 200. The van der Waals surface area contributed by atoms with Crippen molar-refractivity contribution in [3.05, 3.63) is 0 Å². The molecule has 0 aromatic carbocycles. The Morgan fingerprint density at radius 1 is 1.21 bits per heavy atom. The highest BCUT2D eigenvalue weighted by molar-refractivity contribution is 5.79. The molecule has 0 aliphatic carbocycles. The summed E-state index contributed by atoms with van der Waals surface area (Å²) in [5.41, 5.74) is 0. The van der Waals surface area contributed by atoms with Gasteiger partial charge < -0.3 is 4.90 Å². The van der Waals surface area contributed by atoms with Crippen LogP contribution in [0.3, 0.4) is 0 Å². The number of nitrogens with zero attached hydrogens (tertiary/aromatic N) is 1. The van der Waals surface area contributed by atoms with Crippen molar-refractivity contribution in [2.75, 3.05) is 13.1 Å². The van der Waals surface area contributed by atoms with Gasteiger partial charge in [-0.3, -0.25) is 4.79 Å². The normalized spacial score (nSPS) is 34.9. The van der Waals surface area contributed by atoms with Gasteiger partial charge in [0.15, 0.2) is 0 Å². The Morgan fingerprint density at radius 2 is 1.64 bits per heavy atom. The monoisotopic (exact) mass is 197 g/mol. The lowest BCUT2D eigenvalue weighted by Gasteiger charge is -2.42. The molecule has 1 aliphatic rings. The largest absolute Gasteiger partial charge is 0.300 e. The summed E-state index contributed by atoms with van der Waals surface area (Å²) >= 11 is 0. The Balaban J connectivity index is 2.68. The van der Waals surface area contributed by atoms with E-state index in [2.05, 4.69) is 32.6 Å². The van der Waals surface area contributed by atoms with Crippen LogP contribution in [0, 0.1) is 17.8 Å². The predicted octanol–water partition coefficient (Wildman–Crippen LogP) is 2.19. The molecule has 1 aliphatic heterocycles. The number of ketones is 1. The zero-order chi connectivity index (χ0) is 10.9. The first-order valence-corrected chi connectivity index (χ1v) is 5.68. The molecule has 0 bridgehead atoms. The van der Waals surface area contributed by atoms with Gasteiger partial charge in [0.25, 0.3) is 0 Å². The first-order chi connectivity index (χ1) is 6.43. The van der Waals surface area contributed by atoms with Gasteiger partial charge in [-0.05, 0) is 32.6 Å². The molecule has 1 heterocycles. The lowest BCUT2D eigenvalue weighted by molar-refractivity contribution is -0.126. The lowest BCUT2D eigenvalue weighted by Crippen LogP contribution is -2.49. The van der Waals surface area contributed by atoms with Gasteiger partial charge in [-0.15, -0.1) is 0 Å². The van der Waals surface area contributed by atoms with Crippen LogP contribution in [0.4, 0.5) is 0 Å². The number of rotatable bonds is 2. The number of Topliss-reactive ketones (excluding diaryl/α,β-unsaturated/α-hetero) is 1. The number of carbonyl (C=O) groups excluding carboxylic acids is 1. The lowest BCUT2D eigenvalue weighted by atomic mass is 9.77. The second-order valence-corrected chi connectivity index (χ2v) is 5.14. The van der Waals surface area contributed by atoms with Crippen molar-refractivity contribution in [2.24, 2.45) is 17.8 Å². The summed E-state index contributed by atoms with van der Waals surface area (Å²) in [6.07, 6.45) is 0. The van der Waals surface area contributed by atoms with E-state index in [1.807, 2.05) is 0 Å². The highest BCUT2D eigenvalue weighted by Crippen LogP contribution is 2.29. The molecule has 0 spiro atoms. The average Bonchev–Trinajstić information content (AvgIpc) is 2.01. The number of carbonyl (C=O) groups is 1. The van der Waals surface area contributed by atoms with E-state index in [4.69, 9.17) is 0 Å². The van der Waals surface area contributed by atoms with Crippen LogP contribution in [0.25, 0.3) is 0 Å². The number of hydrogen-bond donors (Lipinski definition) is 0. The van der Waals surface area contributed by atoms with Gasteiger partial charge in [0.2, 0.25) is 0 Å². The van der Waals surface area contributed by atoms with E-state index in [0.29, 0.717) is 23.7 Å². The predicted molar refractivity (Wildman–Crippen MR) is 59.2 cm³/mol. The Kier molecular flexibility index (Phi) is 3.71. The Labute approximate surface area is 87.7 Å². The Morgan fingerprint density at radius 3 is 1.93 bits per heavy atom. The molecule has 1 unspecified atom stereocenters. The average molecular weight is 197 g/mol. The highest BCUT2D eigenvalue weighted by Gasteiger charge is 2.35. The third kappa shape index (κ3) is 2.35. The quantitative estimate of drug-likeness (QED) is 0.676. The molecule has 0 saturated carbocycles. The van der Waals surface area contributed by atoms with Crippen LogP contribution in [-0.4, -0.2) is 29.8 Å². The van der Waals surface area contributed by atoms with Crippen LogP contribution in [-0.2, 0) is 4.79 Å². The molecule has 0 aromatic heterocycles. The maximum atomic E-state index is 11.5. The summed E-state index contributed by atoms with van der Waals surface area (Å²) in [5, 5.41) is 0. The minimum absolute atomic E-state index is 0.282. The second-order valence-electron chi connectivity index (χ2n) is 5.14. The van der Waals surface area contributed by atoms with Crippen LogP contribution in [0.5, 0.6) is 0 Å². The molecule has 14 heavy (non-hydrogen) atoms. The summed E-state index contributed by atoms with van der Waals surface area (Å²) in [6.45, 7) is 12.8. The molecule has 1 saturated heterocycles. The first kappa shape index (κ1) is 11.7. The second kappa shape index (κ2) is 4.43. The van der Waals surface area contributed by atoms with Crippen LogP contribution < -0.4 is 0 Å². The van der Waals surface area contributed by atoms with Gasteiger partial charge in [-0.25, -0.2) is 0 Å². The van der Waals surface area contributed by atoms with Gasteiger partial charge in [-0.2, -0.15) is 0 Å². The highest BCUT2D eigenvalue weighted by atomic mass is 16.1. The van der Waals surface area contributed by atoms with Gasteiger partial charge >= 0.3 is 0 Å². The third-order valence-electron chi connectivity index (χ3n) is 3.47. The molecular weight excluding hydrogens is 174 g/mol. The molecule has 1 rings (SSSR count). The minimum Gasteiger partial charge on any atom is -0.300 e. The standard InChI is InChI=1S/C12H23NO/c1-8(2)13-6-9(3)12(11(5)14)10(4)7-13/h8-10,12H,6-7H2,1-5H3/t9-,10+,12?. The molecule has 0 amide bonds. The molecule has 0 N–H and O–H groups in total. The van der Waals surface area contributed by atoms with E-state index in [1.54, 1.807) is 6.92 Å². The molecule has 2 heteroatoms. The van der Waals surface area contributed by atoms with Crippen molar-refractivity contribution >= 4 is 5.78 Å².